The molecule has 0 spiro atoms. The minimum atomic E-state index is 0.222. The molecule has 19 heavy (non-hydrogen) atoms. The Kier molecular flexibility index (Phi) is 4.46. The van der Waals surface area contributed by atoms with Gasteiger partial charge in [-0.05, 0) is 36.8 Å². The molecule has 0 aliphatic carbocycles. The van der Waals surface area contributed by atoms with Crippen molar-refractivity contribution in [1.29, 1.82) is 0 Å². The minimum Gasteiger partial charge on any atom is -0.508 e. The highest BCUT2D eigenvalue weighted by Gasteiger charge is 2.30. The third kappa shape index (κ3) is 3.28. The van der Waals surface area contributed by atoms with E-state index in [0.29, 0.717) is 24.8 Å². The number of hydrogen-bond donors (Lipinski definition) is 1. The topological polar surface area (TPSA) is 40.5 Å². The van der Waals surface area contributed by atoms with Gasteiger partial charge in [0.15, 0.2) is 0 Å². The smallest absolute Gasteiger partial charge is 0.223 e. The first kappa shape index (κ1) is 13.9. The molecule has 0 radical (unpaired) electrons. The molecule has 0 unspecified atom stereocenters. The van der Waals surface area contributed by atoms with Crippen molar-refractivity contribution in [2.45, 2.75) is 45.6 Å². The molecule has 0 aromatic heterocycles. The van der Waals surface area contributed by atoms with Gasteiger partial charge in [-0.3, -0.25) is 4.79 Å². The number of benzene rings is 1. The van der Waals surface area contributed by atoms with Crippen LogP contribution < -0.4 is 0 Å². The van der Waals surface area contributed by atoms with Crippen LogP contribution in [-0.2, 0) is 11.2 Å². The van der Waals surface area contributed by atoms with Crippen molar-refractivity contribution in [3.05, 3.63) is 29.8 Å². The van der Waals surface area contributed by atoms with Gasteiger partial charge in [0.1, 0.15) is 5.75 Å². The summed E-state index contributed by atoms with van der Waals surface area (Å²) in [7, 11) is 0. The highest BCUT2D eigenvalue weighted by atomic mass is 16.3. The molecular formula is C16H23NO2. The van der Waals surface area contributed by atoms with Crippen molar-refractivity contribution in [3.8, 4) is 5.75 Å². The molecule has 0 bridgehead atoms. The number of nitrogens with zero attached hydrogens (tertiary/aromatic N) is 1. The average molecular weight is 261 g/mol. The molecule has 1 fully saturated rings. The summed E-state index contributed by atoms with van der Waals surface area (Å²) in [4.78, 5) is 14.3. The first-order valence-corrected chi connectivity index (χ1v) is 7.16. The number of para-hydroxylation sites is 1. The van der Waals surface area contributed by atoms with Crippen LogP contribution in [0.1, 0.15) is 38.7 Å². The van der Waals surface area contributed by atoms with Crippen molar-refractivity contribution >= 4 is 5.91 Å². The molecule has 1 aliphatic heterocycles. The van der Waals surface area contributed by atoms with E-state index in [1.54, 1.807) is 12.1 Å². The Balaban J connectivity index is 1.93. The Hall–Kier alpha value is -1.51. The molecule has 1 saturated heterocycles. The third-order valence-electron chi connectivity index (χ3n) is 3.99. The van der Waals surface area contributed by atoms with E-state index in [9.17, 15) is 9.90 Å². The lowest BCUT2D eigenvalue weighted by Gasteiger charge is -2.27. The second kappa shape index (κ2) is 6.09. The number of amides is 1. The maximum absolute atomic E-state index is 12.3. The van der Waals surface area contributed by atoms with Gasteiger partial charge in [-0.25, -0.2) is 0 Å². The van der Waals surface area contributed by atoms with Gasteiger partial charge < -0.3 is 10.0 Å². The molecule has 2 rings (SSSR count). The normalized spacial score (nSPS) is 19.1. The second-order valence-electron chi connectivity index (χ2n) is 5.67. The standard InChI is InChI=1S/C16H23NO2/c1-12(2)14-7-5-11-17(14)16(19)10-9-13-6-3-4-8-15(13)18/h3-4,6,8,12,14,18H,5,7,9-11H2,1-2H3/t14-/m0/s1. The largest absolute Gasteiger partial charge is 0.508 e. The molecule has 3 nitrogen and oxygen atoms in total. The molecule has 1 amide bonds. The quantitative estimate of drug-likeness (QED) is 0.905. The van der Waals surface area contributed by atoms with E-state index in [4.69, 9.17) is 0 Å². The van der Waals surface area contributed by atoms with E-state index < -0.39 is 0 Å². The van der Waals surface area contributed by atoms with Crippen LogP contribution in [-0.4, -0.2) is 28.5 Å². The Morgan fingerprint density at radius 3 is 2.84 bits per heavy atom. The molecule has 1 aromatic rings. The Labute approximate surface area is 115 Å². The summed E-state index contributed by atoms with van der Waals surface area (Å²) in [5.41, 5.74) is 0.858. The third-order valence-corrected chi connectivity index (χ3v) is 3.99. The number of carbonyl (C=O) groups is 1. The van der Waals surface area contributed by atoms with Crippen LogP contribution in [0.2, 0.25) is 0 Å². The van der Waals surface area contributed by atoms with E-state index in [0.717, 1.165) is 24.9 Å². The number of phenolic OH excluding ortho intramolecular Hbond substituents is 1. The Morgan fingerprint density at radius 2 is 2.16 bits per heavy atom. The monoisotopic (exact) mass is 261 g/mol. The van der Waals surface area contributed by atoms with Gasteiger partial charge in [0.25, 0.3) is 0 Å². The lowest BCUT2D eigenvalue weighted by Crippen LogP contribution is -2.38. The number of rotatable bonds is 4. The zero-order valence-electron chi connectivity index (χ0n) is 11.8. The molecule has 0 saturated carbocycles. The summed E-state index contributed by atoms with van der Waals surface area (Å²) in [6.45, 7) is 5.25. The van der Waals surface area contributed by atoms with Gasteiger partial charge in [-0.1, -0.05) is 32.0 Å². The van der Waals surface area contributed by atoms with E-state index in [2.05, 4.69) is 13.8 Å². The summed E-state index contributed by atoms with van der Waals surface area (Å²) in [5, 5.41) is 9.70. The maximum atomic E-state index is 12.3. The predicted molar refractivity (Wildman–Crippen MR) is 76.0 cm³/mol. The maximum Gasteiger partial charge on any atom is 0.223 e. The molecule has 1 aliphatic rings. The molecule has 3 heteroatoms. The lowest BCUT2D eigenvalue weighted by molar-refractivity contribution is -0.132. The SMILES string of the molecule is CC(C)[C@@H]1CCCN1C(=O)CCc1ccccc1O. The van der Waals surface area contributed by atoms with Crippen molar-refractivity contribution in [2.75, 3.05) is 6.54 Å². The molecule has 1 aromatic carbocycles. The van der Waals surface area contributed by atoms with Gasteiger partial charge in [-0.2, -0.15) is 0 Å². The van der Waals surface area contributed by atoms with Crippen LogP contribution >= 0.6 is 0 Å². The van der Waals surface area contributed by atoms with Crippen LogP contribution in [0.15, 0.2) is 24.3 Å². The average Bonchev–Trinajstić information content (AvgIpc) is 2.87. The van der Waals surface area contributed by atoms with Crippen molar-refractivity contribution < 1.29 is 9.90 Å². The van der Waals surface area contributed by atoms with Crippen molar-refractivity contribution in [2.24, 2.45) is 5.92 Å². The van der Waals surface area contributed by atoms with Crippen LogP contribution in [0.25, 0.3) is 0 Å². The van der Waals surface area contributed by atoms with Gasteiger partial charge in [0, 0.05) is 19.0 Å². The van der Waals surface area contributed by atoms with Crippen molar-refractivity contribution in [1.82, 2.24) is 4.90 Å². The number of aromatic hydroxyl groups is 1. The first-order chi connectivity index (χ1) is 9.09. The first-order valence-electron chi connectivity index (χ1n) is 7.16. The summed E-state index contributed by atoms with van der Waals surface area (Å²) in [5.74, 6) is 1.04. The van der Waals surface area contributed by atoms with Gasteiger partial charge in [0.05, 0.1) is 0 Å². The number of aryl methyl sites for hydroxylation is 1. The zero-order valence-corrected chi connectivity index (χ0v) is 11.8. The number of hydrogen-bond acceptors (Lipinski definition) is 2. The fraction of sp³-hybridized carbons (Fsp3) is 0.562. The van der Waals surface area contributed by atoms with Crippen LogP contribution in [0, 0.1) is 5.92 Å². The highest BCUT2D eigenvalue weighted by Crippen LogP contribution is 2.25. The van der Waals surface area contributed by atoms with E-state index in [-0.39, 0.29) is 11.7 Å². The van der Waals surface area contributed by atoms with E-state index in [1.165, 1.54) is 0 Å². The minimum absolute atomic E-state index is 0.222. The number of likely N-dealkylation sites (tertiary alicyclic amines) is 1. The number of carbonyl (C=O) groups excluding carboxylic acids is 1. The molecule has 104 valence electrons. The summed E-state index contributed by atoms with van der Waals surface area (Å²) in [6, 6.07) is 7.65. The number of phenols is 1. The lowest BCUT2D eigenvalue weighted by atomic mass is 10.0. The van der Waals surface area contributed by atoms with Gasteiger partial charge in [0.2, 0.25) is 5.91 Å². The van der Waals surface area contributed by atoms with Crippen LogP contribution in [0.4, 0.5) is 0 Å². The van der Waals surface area contributed by atoms with E-state index in [1.807, 2.05) is 17.0 Å². The fourth-order valence-electron chi connectivity index (χ4n) is 2.90. The summed E-state index contributed by atoms with van der Waals surface area (Å²) >= 11 is 0. The van der Waals surface area contributed by atoms with Gasteiger partial charge >= 0.3 is 0 Å². The Bertz CT molecular complexity index is 442. The zero-order chi connectivity index (χ0) is 13.8. The Morgan fingerprint density at radius 1 is 1.42 bits per heavy atom. The van der Waals surface area contributed by atoms with Crippen molar-refractivity contribution in [3.63, 3.8) is 0 Å². The van der Waals surface area contributed by atoms with Gasteiger partial charge in [-0.15, -0.1) is 0 Å². The van der Waals surface area contributed by atoms with E-state index >= 15 is 0 Å². The second-order valence-corrected chi connectivity index (χ2v) is 5.67. The summed E-state index contributed by atoms with van der Waals surface area (Å²) in [6.07, 6.45) is 3.35. The summed E-state index contributed by atoms with van der Waals surface area (Å²) < 4.78 is 0. The molecule has 1 atom stereocenters. The van der Waals surface area contributed by atoms with Crippen LogP contribution in [0.5, 0.6) is 5.75 Å². The molecular weight excluding hydrogens is 238 g/mol. The van der Waals surface area contributed by atoms with Crippen LogP contribution in [0.3, 0.4) is 0 Å². The predicted octanol–water partition coefficient (Wildman–Crippen LogP) is 2.97. The molecule has 1 N–H and O–H groups in total. The highest BCUT2D eigenvalue weighted by molar-refractivity contribution is 5.77. The fourth-order valence-corrected chi connectivity index (χ4v) is 2.90. The molecule has 1 heterocycles.